The summed E-state index contributed by atoms with van der Waals surface area (Å²) in [6, 6.07) is 8.43. The molecule has 0 spiro atoms. The fourth-order valence-corrected chi connectivity index (χ4v) is 2.87. The van der Waals surface area contributed by atoms with Crippen LogP contribution in [0.5, 0.6) is 11.5 Å². The Morgan fingerprint density at radius 2 is 2.05 bits per heavy atom. The molecule has 106 valence electrons. The maximum atomic E-state index is 6.16. The van der Waals surface area contributed by atoms with Crippen LogP contribution in [0, 0.1) is 5.41 Å². The van der Waals surface area contributed by atoms with E-state index in [0.29, 0.717) is 6.04 Å². The van der Waals surface area contributed by atoms with Crippen molar-refractivity contribution in [3.63, 3.8) is 0 Å². The summed E-state index contributed by atoms with van der Waals surface area (Å²) in [4.78, 5) is 0. The van der Waals surface area contributed by atoms with Gasteiger partial charge in [-0.2, -0.15) is 0 Å². The van der Waals surface area contributed by atoms with Crippen molar-refractivity contribution < 1.29 is 9.47 Å². The highest BCUT2D eigenvalue weighted by molar-refractivity contribution is 5.33. The molecule has 0 saturated heterocycles. The molecule has 0 heterocycles. The van der Waals surface area contributed by atoms with Crippen molar-refractivity contribution in [3.8, 4) is 11.5 Å². The number of nitrogens with one attached hydrogen (secondary N) is 1. The van der Waals surface area contributed by atoms with Gasteiger partial charge in [0.1, 0.15) is 17.6 Å². The zero-order valence-corrected chi connectivity index (χ0v) is 12.4. The molecule has 0 amide bonds. The Balaban J connectivity index is 2.03. The topological polar surface area (TPSA) is 30.5 Å². The molecule has 3 heteroatoms. The second kappa shape index (κ2) is 5.83. The Hall–Kier alpha value is -1.22. The Kier molecular flexibility index (Phi) is 4.35. The van der Waals surface area contributed by atoms with E-state index in [9.17, 15) is 0 Å². The average Bonchev–Trinajstić information content (AvgIpc) is 2.45. The van der Waals surface area contributed by atoms with Gasteiger partial charge < -0.3 is 14.8 Å². The molecule has 1 N–H and O–H groups in total. The highest BCUT2D eigenvalue weighted by Crippen LogP contribution is 2.46. The van der Waals surface area contributed by atoms with Gasteiger partial charge in [-0.05, 0) is 25.1 Å². The number of rotatable bonds is 6. The molecule has 3 atom stereocenters. The number of ether oxygens (including phenoxy) is 2. The molecule has 0 aromatic heterocycles. The third-order valence-corrected chi connectivity index (χ3v) is 4.51. The van der Waals surface area contributed by atoms with Crippen LogP contribution in [0.1, 0.15) is 33.6 Å². The van der Waals surface area contributed by atoms with Gasteiger partial charge in [-0.25, -0.2) is 0 Å². The fourth-order valence-electron chi connectivity index (χ4n) is 2.87. The maximum Gasteiger partial charge on any atom is 0.123 e. The molecule has 0 bridgehead atoms. The zero-order chi connectivity index (χ0) is 13.9. The SMILES string of the molecule is CCNC1CC(Oc2cccc(OC)c2)C1(C)CC. The van der Waals surface area contributed by atoms with Gasteiger partial charge in [0.2, 0.25) is 0 Å². The van der Waals surface area contributed by atoms with Crippen LogP contribution in [0.25, 0.3) is 0 Å². The minimum absolute atomic E-state index is 0.221. The van der Waals surface area contributed by atoms with Crippen LogP contribution in [0.15, 0.2) is 24.3 Å². The molecular weight excluding hydrogens is 238 g/mol. The third-order valence-electron chi connectivity index (χ3n) is 4.51. The molecule has 0 aliphatic heterocycles. The summed E-state index contributed by atoms with van der Waals surface area (Å²) in [6.07, 6.45) is 2.49. The van der Waals surface area contributed by atoms with Gasteiger partial charge in [0.05, 0.1) is 7.11 Å². The first-order chi connectivity index (χ1) is 9.13. The van der Waals surface area contributed by atoms with E-state index in [1.54, 1.807) is 7.11 Å². The molecule has 1 saturated carbocycles. The summed E-state index contributed by atoms with van der Waals surface area (Å²) in [5, 5.41) is 3.56. The number of benzene rings is 1. The molecule has 3 unspecified atom stereocenters. The normalized spacial score (nSPS) is 29.7. The first-order valence-electron chi connectivity index (χ1n) is 7.18. The first-order valence-corrected chi connectivity index (χ1v) is 7.18. The van der Waals surface area contributed by atoms with E-state index in [4.69, 9.17) is 9.47 Å². The second-order valence-corrected chi connectivity index (χ2v) is 5.49. The third kappa shape index (κ3) is 2.71. The van der Waals surface area contributed by atoms with Gasteiger partial charge in [0, 0.05) is 23.9 Å². The monoisotopic (exact) mass is 263 g/mol. The van der Waals surface area contributed by atoms with E-state index in [1.807, 2.05) is 24.3 Å². The molecule has 0 radical (unpaired) electrons. The van der Waals surface area contributed by atoms with Crippen LogP contribution in [-0.4, -0.2) is 25.8 Å². The molecule has 1 aliphatic carbocycles. The molecule has 1 aliphatic rings. The van der Waals surface area contributed by atoms with Crippen LogP contribution in [0.3, 0.4) is 0 Å². The summed E-state index contributed by atoms with van der Waals surface area (Å²) in [5.74, 6) is 1.75. The van der Waals surface area contributed by atoms with Gasteiger partial charge in [0.15, 0.2) is 0 Å². The predicted molar refractivity (Wildman–Crippen MR) is 77.9 cm³/mol. The standard InChI is InChI=1S/C16H25NO2/c1-5-16(3)14(17-6-2)11-15(16)19-13-9-7-8-12(10-13)18-4/h7-10,14-15,17H,5-6,11H2,1-4H3. The number of methoxy groups -OCH3 is 1. The largest absolute Gasteiger partial charge is 0.497 e. The minimum atomic E-state index is 0.221. The van der Waals surface area contributed by atoms with E-state index in [2.05, 4.69) is 26.1 Å². The molecule has 1 aromatic carbocycles. The lowest BCUT2D eigenvalue weighted by atomic mass is 9.61. The van der Waals surface area contributed by atoms with E-state index in [1.165, 1.54) is 0 Å². The van der Waals surface area contributed by atoms with Crippen LogP contribution in [0.4, 0.5) is 0 Å². The summed E-state index contributed by atoms with van der Waals surface area (Å²) in [6.45, 7) is 7.73. The van der Waals surface area contributed by atoms with Crippen LogP contribution < -0.4 is 14.8 Å². The maximum absolute atomic E-state index is 6.16. The number of hydrogen-bond donors (Lipinski definition) is 1. The van der Waals surface area contributed by atoms with Crippen molar-refractivity contribution in [2.24, 2.45) is 5.41 Å². The van der Waals surface area contributed by atoms with Gasteiger partial charge in [0.25, 0.3) is 0 Å². The minimum Gasteiger partial charge on any atom is -0.497 e. The smallest absolute Gasteiger partial charge is 0.123 e. The van der Waals surface area contributed by atoms with Gasteiger partial charge in [-0.3, -0.25) is 0 Å². The van der Waals surface area contributed by atoms with Crippen molar-refractivity contribution in [1.82, 2.24) is 5.32 Å². The first kappa shape index (κ1) is 14.2. The molecular formula is C16H25NO2. The average molecular weight is 263 g/mol. The molecule has 3 nitrogen and oxygen atoms in total. The van der Waals surface area contributed by atoms with E-state index in [0.717, 1.165) is 30.9 Å². The lowest BCUT2D eigenvalue weighted by molar-refractivity contribution is -0.0697. The van der Waals surface area contributed by atoms with Crippen molar-refractivity contribution in [1.29, 1.82) is 0 Å². The summed E-state index contributed by atoms with van der Waals surface area (Å²) in [7, 11) is 1.68. The highest BCUT2D eigenvalue weighted by Gasteiger charge is 2.51. The number of hydrogen-bond acceptors (Lipinski definition) is 3. The lowest BCUT2D eigenvalue weighted by Crippen LogP contribution is -2.63. The molecule has 19 heavy (non-hydrogen) atoms. The van der Waals surface area contributed by atoms with E-state index < -0.39 is 0 Å². The van der Waals surface area contributed by atoms with Gasteiger partial charge in [-0.1, -0.05) is 26.8 Å². The van der Waals surface area contributed by atoms with Crippen LogP contribution >= 0.6 is 0 Å². The van der Waals surface area contributed by atoms with Crippen molar-refractivity contribution in [2.75, 3.05) is 13.7 Å². The fraction of sp³-hybridized carbons (Fsp3) is 0.625. The Labute approximate surface area is 116 Å². The summed E-state index contributed by atoms with van der Waals surface area (Å²) >= 11 is 0. The Bertz CT molecular complexity index is 421. The van der Waals surface area contributed by atoms with Crippen LogP contribution in [-0.2, 0) is 0 Å². The zero-order valence-electron chi connectivity index (χ0n) is 12.4. The van der Waals surface area contributed by atoms with E-state index in [-0.39, 0.29) is 11.5 Å². The van der Waals surface area contributed by atoms with Gasteiger partial charge >= 0.3 is 0 Å². The van der Waals surface area contributed by atoms with Crippen molar-refractivity contribution >= 4 is 0 Å². The predicted octanol–water partition coefficient (Wildman–Crippen LogP) is 3.24. The molecule has 1 aromatic rings. The van der Waals surface area contributed by atoms with Gasteiger partial charge in [-0.15, -0.1) is 0 Å². The lowest BCUT2D eigenvalue weighted by Gasteiger charge is -2.53. The van der Waals surface area contributed by atoms with Crippen molar-refractivity contribution in [3.05, 3.63) is 24.3 Å². The highest BCUT2D eigenvalue weighted by atomic mass is 16.5. The van der Waals surface area contributed by atoms with Crippen LogP contribution in [0.2, 0.25) is 0 Å². The summed E-state index contributed by atoms with van der Waals surface area (Å²) in [5.41, 5.74) is 0.221. The quantitative estimate of drug-likeness (QED) is 0.854. The second-order valence-electron chi connectivity index (χ2n) is 5.49. The molecule has 1 fully saturated rings. The molecule has 2 rings (SSSR count). The Morgan fingerprint density at radius 3 is 2.68 bits per heavy atom. The Morgan fingerprint density at radius 1 is 1.32 bits per heavy atom. The van der Waals surface area contributed by atoms with Crippen molar-refractivity contribution in [2.45, 2.75) is 45.8 Å². The van der Waals surface area contributed by atoms with E-state index >= 15 is 0 Å². The summed E-state index contributed by atoms with van der Waals surface area (Å²) < 4.78 is 11.4.